The van der Waals surface area contributed by atoms with Crippen LogP contribution in [0.2, 0.25) is 0 Å². The van der Waals surface area contributed by atoms with Gasteiger partial charge in [-0.15, -0.1) is 0 Å². The summed E-state index contributed by atoms with van der Waals surface area (Å²) in [5.74, 6) is 1.03. The topological polar surface area (TPSA) is 73.2 Å². The highest BCUT2D eigenvalue weighted by molar-refractivity contribution is 5.69. The Balaban J connectivity index is 1.26. The van der Waals surface area contributed by atoms with Gasteiger partial charge in [0.25, 0.3) is 0 Å². The van der Waals surface area contributed by atoms with Gasteiger partial charge in [0.2, 0.25) is 0 Å². The van der Waals surface area contributed by atoms with Crippen LogP contribution in [0.25, 0.3) is 0 Å². The highest BCUT2D eigenvalue weighted by Gasteiger charge is 2.32. The van der Waals surface area contributed by atoms with Crippen LogP contribution in [0.1, 0.15) is 47.4 Å². The zero-order valence-corrected chi connectivity index (χ0v) is 21.4. The summed E-state index contributed by atoms with van der Waals surface area (Å²) in [6.07, 6.45) is 2.00. The fourth-order valence-corrected chi connectivity index (χ4v) is 5.92. The lowest BCUT2D eigenvalue weighted by Gasteiger charge is -2.37. The molecule has 2 aliphatic rings. The molecule has 6 nitrogen and oxygen atoms in total. The summed E-state index contributed by atoms with van der Waals surface area (Å²) in [7, 11) is 0. The van der Waals surface area contributed by atoms with Crippen molar-refractivity contribution < 1.29 is 19.7 Å². The number of aryl methyl sites for hydroxylation is 1. The molecule has 37 heavy (non-hydrogen) atoms. The Morgan fingerprint density at radius 3 is 2.41 bits per heavy atom. The number of piperazine rings is 1. The summed E-state index contributed by atoms with van der Waals surface area (Å²) in [4.78, 5) is 15.3. The Kier molecular flexibility index (Phi) is 7.77. The average molecular weight is 501 g/mol. The summed E-state index contributed by atoms with van der Waals surface area (Å²) < 4.78 is 6.17. The van der Waals surface area contributed by atoms with E-state index in [1.54, 1.807) is 6.07 Å². The van der Waals surface area contributed by atoms with Crippen LogP contribution in [-0.2, 0) is 11.2 Å². The number of phenolic OH excluding ortho intramolecular Hbond substituents is 1. The first-order valence-electron chi connectivity index (χ1n) is 13.3. The maximum atomic E-state index is 10.9. The lowest BCUT2D eigenvalue weighted by molar-refractivity contribution is -0.138. The largest absolute Gasteiger partial charge is 0.508 e. The smallest absolute Gasteiger partial charge is 0.317 e. The van der Waals surface area contributed by atoms with Crippen LogP contribution in [0.15, 0.2) is 72.8 Å². The molecule has 3 aromatic carbocycles. The molecule has 3 aromatic rings. The molecule has 1 aliphatic carbocycles. The number of aliphatic carboxylic acids is 1. The van der Waals surface area contributed by atoms with Crippen molar-refractivity contribution in [3.8, 4) is 11.5 Å². The average Bonchev–Trinajstić information content (AvgIpc) is 2.92. The van der Waals surface area contributed by atoms with E-state index in [1.807, 2.05) is 11.0 Å². The Morgan fingerprint density at radius 2 is 1.70 bits per heavy atom. The second kappa shape index (κ2) is 11.4. The second-order valence-corrected chi connectivity index (χ2v) is 10.4. The molecule has 0 saturated carbocycles. The van der Waals surface area contributed by atoms with Crippen LogP contribution in [0, 0.1) is 0 Å². The van der Waals surface area contributed by atoms with E-state index in [2.05, 4.69) is 72.5 Å². The molecular weight excluding hydrogens is 464 g/mol. The highest BCUT2D eigenvalue weighted by Crippen LogP contribution is 2.47. The lowest BCUT2D eigenvalue weighted by atomic mass is 9.69. The van der Waals surface area contributed by atoms with E-state index in [-0.39, 0.29) is 18.5 Å². The van der Waals surface area contributed by atoms with Gasteiger partial charge in [0, 0.05) is 38.1 Å². The highest BCUT2D eigenvalue weighted by atomic mass is 16.5. The first-order valence-corrected chi connectivity index (χ1v) is 13.3. The van der Waals surface area contributed by atoms with Gasteiger partial charge >= 0.3 is 5.97 Å². The third-order valence-electron chi connectivity index (χ3n) is 7.94. The summed E-state index contributed by atoms with van der Waals surface area (Å²) in [5.41, 5.74) is 5.14. The minimum Gasteiger partial charge on any atom is -0.508 e. The maximum Gasteiger partial charge on any atom is 0.317 e. The molecule has 3 atom stereocenters. The Morgan fingerprint density at radius 1 is 0.973 bits per heavy atom. The number of ether oxygens (including phenoxy) is 1. The number of hydrogen-bond acceptors (Lipinski definition) is 5. The third kappa shape index (κ3) is 5.97. The number of nitrogens with zero attached hydrogens (tertiary/aromatic N) is 2. The zero-order valence-electron chi connectivity index (χ0n) is 21.4. The number of phenols is 1. The molecule has 1 fully saturated rings. The summed E-state index contributed by atoms with van der Waals surface area (Å²) in [6.45, 7) is 6.13. The van der Waals surface area contributed by atoms with Crippen molar-refractivity contribution in [2.45, 2.75) is 37.6 Å². The van der Waals surface area contributed by atoms with Crippen LogP contribution in [0.5, 0.6) is 11.5 Å². The summed E-state index contributed by atoms with van der Waals surface area (Å²) >= 11 is 0. The molecule has 0 bridgehead atoms. The van der Waals surface area contributed by atoms with Crippen LogP contribution in [0.4, 0.5) is 0 Å². The number of hydrogen-bond donors (Lipinski definition) is 2. The van der Waals surface area contributed by atoms with E-state index in [9.17, 15) is 9.90 Å². The van der Waals surface area contributed by atoms with Gasteiger partial charge in [-0.3, -0.25) is 14.6 Å². The molecule has 1 aliphatic heterocycles. The number of rotatable bonds is 8. The normalized spacial score (nSPS) is 21.2. The van der Waals surface area contributed by atoms with Crippen LogP contribution >= 0.6 is 0 Å². The number of carboxylic acids is 1. The summed E-state index contributed by atoms with van der Waals surface area (Å²) in [5, 5.41) is 19.1. The molecule has 0 spiro atoms. The molecule has 5 rings (SSSR count). The van der Waals surface area contributed by atoms with Gasteiger partial charge in [-0.1, -0.05) is 48.5 Å². The molecule has 1 saturated heterocycles. The first kappa shape index (κ1) is 25.3. The Labute approximate surface area is 219 Å². The van der Waals surface area contributed by atoms with E-state index < -0.39 is 5.97 Å². The molecular formula is C31H36N2O4. The van der Waals surface area contributed by atoms with Gasteiger partial charge < -0.3 is 14.9 Å². The first-order chi connectivity index (χ1) is 18.0. The van der Waals surface area contributed by atoms with Crippen molar-refractivity contribution >= 4 is 5.97 Å². The van der Waals surface area contributed by atoms with Gasteiger partial charge in [-0.25, -0.2) is 0 Å². The van der Waals surface area contributed by atoms with E-state index in [0.29, 0.717) is 18.3 Å². The summed E-state index contributed by atoms with van der Waals surface area (Å²) in [6, 6.07) is 25.3. The van der Waals surface area contributed by atoms with Crippen LogP contribution in [0.3, 0.4) is 0 Å². The standard InChI is InChI=1S/C31H36N2O4/c1-22(33-17-15-32(16-18-33)20-30(35)36)21-37-27-11-7-24(8-12-27)31-28(23-5-3-2-4-6-23)13-9-25-19-26(34)10-14-29(25)31/h2-8,10-12,14,19,22,28,31,34H,9,13,15-18,20-21H2,1H3,(H,35,36)/t22-,28-,31+/m1/s1. The van der Waals surface area contributed by atoms with Crippen LogP contribution < -0.4 is 4.74 Å². The Bertz CT molecular complexity index is 1190. The SMILES string of the molecule is C[C@H](COc1ccc([C@@H]2c3ccc(O)cc3CC[C@@H]2c2ccccc2)cc1)N1CCN(CC(=O)O)CC1. The van der Waals surface area contributed by atoms with Crippen molar-refractivity contribution in [1.29, 1.82) is 0 Å². The van der Waals surface area contributed by atoms with E-state index in [4.69, 9.17) is 9.84 Å². The predicted octanol–water partition coefficient (Wildman–Crippen LogP) is 4.72. The predicted molar refractivity (Wildman–Crippen MR) is 145 cm³/mol. The van der Waals surface area contributed by atoms with Gasteiger partial charge in [-0.05, 0) is 72.2 Å². The molecule has 0 unspecified atom stereocenters. The molecule has 1 heterocycles. The van der Waals surface area contributed by atoms with Crippen molar-refractivity contribution in [1.82, 2.24) is 9.80 Å². The fourth-order valence-electron chi connectivity index (χ4n) is 5.92. The number of carbonyl (C=O) groups is 1. The minimum atomic E-state index is -0.766. The molecule has 6 heteroatoms. The van der Waals surface area contributed by atoms with Crippen molar-refractivity contribution in [3.05, 3.63) is 95.1 Å². The van der Waals surface area contributed by atoms with E-state index >= 15 is 0 Å². The van der Waals surface area contributed by atoms with Gasteiger partial charge in [0.1, 0.15) is 18.1 Å². The number of carboxylic acid groups (broad SMARTS) is 1. The second-order valence-electron chi connectivity index (χ2n) is 10.4. The minimum absolute atomic E-state index is 0.114. The van der Waals surface area contributed by atoms with E-state index in [1.165, 1.54) is 22.3 Å². The van der Waals surface area contributed by atoms with E-state index in [0.717, 1.165) is 44.8 Å². The molecule has 2 N–H and O–H groups in total. The lowest BCUT2D eigenvalue weighted by Crippen LogP contribution is -2.51. The van der Waals surface area contributed by atoms with Crippen LogP contribution in [-0.4, -0.2) is 71.4 Å². The number of fused-ring (bicyclic) bond motifs is 1. The molecule has 0 aromatic heterocycles. The molecule has 0 amide bonds. The number of aromatic hydroxyl groups is 1. The van der Waals surface area contributed by atoms with Gasteiger partial charge in [0.05, 0.1) is 6.54 Å². The molecule has 194 valence electrons. The monoisotopic (exact) mass is 500 g/mol. The Hall–Kier alpha value is -3.35. The maximum absolute atomic E-state index is 10.9. The van der Waals surface area contributed by atoms with Crippen molar-refractivity contribution in [3.63, 3.8) is 0 Å². The van der Waals surface area contributed by atoms with Crippen molar-refractivity contribution in [2.75, 3.05) is 39.3 Å². The van der Waals surface area contributed by atoms with Gasteiger partial charge in [0.15, 0.2) is 0 Å². The van der Waals surface area contributed by atoms with Gasteiger partial charge in [-0.2, -0.15) is 0 Å². The zero-order chi connectivity index (χ0) is 25.8. The van der Waals surface area contributed by atoms with Crippen molar-refractivity contribution in [2.24, 2.45) is 0 Å². The molecule has 0 radical (unpaired) electrons. The third-order valence-corrected chi connectivity index (χ3v) is 7.94. The quantitative estimate of drug-likeness (QED) is 0.466. The fraction of sp³-hybridized carbons (Fsp3) is 0.387. The number of benzene rings is 3.